The van der Waals surface area contributed by atoms with Gasteiger partial charge in [-0.15, -0.1) is 0 Å². The first-order valence-electron chi connectivity index (χ1n) is 9.40. The summed E-state index contributed by atoms with van der Waals surface area (Å²) in [4.78, 5) is 27.2. The predicted octanol–water partition coefficient (Wildman–Crippen LogP) is 4.72. The fourth-order valence-corrected chi connectivity index (χ4v) is 4.62. The lowest BCUT2D eigenvalue weighted by Gasteiger charge is -2.40. The molecular formula is C24H18N2O2. The minimum Gasteiger partial charge on any atom is -0.294 e. The highest BCUT2D eigenvalue weighted by Gasteiger charge is 2.61. The second kappa shape index (κ2) is 6.34. The fourth-order valence-electron chi connectivity index (χ4n) is 4.62. The molecule has 0 saturated heterocycles. The first-order valence-corrected chi connectivity index (χ1v) is 9.40. The van der Waals surface area contributed by atoms with Crippen LogP contribution < -0.4 is 0 Å². The van der Waals surface area contributed by atoms with Crippen molar-refractivity contribution in [2.24, 2.45) is 16.1 Å². The van der Waals surface area contributed by atoms with Gasteiger partial charge in [-0.2, -0.15) is 10.2 Å². The van der Waals surface area contributed by atoms with Gasteiger partial charge in [0.1, 0.15) is 0 Å². The molecule has 0 amide bonds. The van der Waals surface area contributed by atoms with Crippen LogP contribution in [0.2, 0.25) is 0 Å². The summed E-state index contributed by atoms with van der Waals surface area (Å²) in [7, 11) is 0. The SMILES string of the molecule is O=C1c2ccccc2C(=O)[C@]2(C(c3ccccc3)c3ccccc3)N=NC[C@@H]12. The molecule has 136 valence electrons. The van der Waals surface area contributed by atoms with Gasteiger partial charge in [0.15, 0.2) is 17.1 Å². The molecule has 0 radical (unpaired) electrons. The van der Waals surface area contributed by atoms with Crippen LogP contribution in [0.4, 0.5) is 0 Å². The van der Waals surface area contributed by atoms with E-state index in [4.69, 9.17) is 0 Å². The maximum atomic E-state index is 13.8. The third kappa shape index (κ3) is 2.24. The minimum absolute atomic E-state index is 0.0444. The number of ketones is 2. The summed E-state index contributed by atoms with van der Waals surface area (Å²) in [6.45, 7) is 0.245. The van der Waals surface area contributed by atoms with E-state index >= 15 is 0 Å². The Kier molecular flexibility index (Phi) is 3.79. The molecule has 3 aromatic carbocycles. The van der Waals surface area contributed by atoms with Crippen LogP contribution in [0.3, 0.4) is 0 Å². The Morgan fingerprint density at radius 2 is 1.29 bits per heavy atom. The van der Waals surface area contributed by atoms with Crippen LogP contribution in [0.15, 0.2) is 95.2 Å². The molecule has 5 rings (SSSR count). The molecule has 2 atom stereocenters. The van der Waals surface area contributed by atoms with Crippen molar-refractivity contribution in [3.8, 4) is 0 Å². The summed E-state index contributed by atoms with van der Waals surface area (Å²) >= 11 is 0. The molecule has 0 spiro atoms. The molecule has 4 heteroatoms. The van der Waals surface area contributed by atoms with E-state index in [0.717, 1.165) is 11.1 Å². The lowest BCUT2D eigenvalue weighted by atomic mass is 9.60. The van der Waals surface area contributed by atoms with Crippen molar-refractivity contribution < 1.29 is 9.59 Å². The number of rotatable bonds is 3. The van der Waals surface area contributed by atoms with E-state index < -0.39 is 11.5 Å². The molecule has 0 fully saturated rings. The fraction of sp³-hybridized carbons (Fsp3) is 0.167. The van der Waals surface area contributed by atoms with Crippen LogP contribution in [-0.4, -0.2) is 23.7 Å². The van der Waals surface area contributed by atoms with Crippen LogP contribution in [-0.2, 0) is 0 Å². The quantitative estimate of drug-likeness (QED) is 0.673. The number of fused-ring (bicyclic) bond motifs is 2. The average Bonchev–Trinajstić information content (AvgIpc) is 3.20. The lowest BCUT2D eigenvalue weighted by Crippen LogP contribution is -2.54. The molecule has 0 aromatic heterocycles. The molecule has 0 N–H and O–H groups in total. The molecule has 4 nitrogen and oxygen atoms in total. The second-order valence-corrected chi connectivity index (χ2v) is 7.30. The van der Waals surface area contributed by atoms with Crippen molar-refractivity contribution in [2.45, 2.75) is 11.5 Å². The van der Waals surface area contributed by atoms with Crippen LogP contribution in [0.25, 0.3) is 0 Å². The van der Waals surface area contributed by atoms with Crippen LogP contribution >= 0.6 is 0 Å². The number of carbonyl (C=O) groups is 2. The van der Waals surface area contributed by atoms with Gasteiger partial charge in [0.2, 0.25) is 0 Å². The van der Waals surface area contributed by atoms with Crippen molar-refractivity contribution in [1.29, 1.82) is 0 Å². The highest BCUT2D eigenvalue weighted by atomic mass is 16.1. The standard InChI is InChI=1S/C24H18N2O2/c27-22-18-13-7-8-14-19(18)23(28)24(20(22)15-25-26-24)21(16-9-3-1-4-10-16)17-11-5-2-6-12-17/h1-14,20-21H,15H2/t20-,24-/m0/s1. The highest BCUT2D eigenvalue weighted by molar-refractivity contribution is 6.20. The zero-order valence-corrected chi connectivity index (χ0v) is 15.2. The number of hydrogen-bond acceptors (Lipinski definition) is 4. The second-order valence-electron chi connectivity index (χ2n) is 7.30. The molecule has 1 aliphatic carbocycles. The average molecular weight is 366 g/mol. The van der Waals surface area contributed by atoms with E-state index in [1.165, 1.54) is 0 Å². The monoisotopic (exact) mass is 366 g/mol. The van der Waals surface area contributed by atoms with Gasteiger partial charge in [-0.05, 0) is 11.1 Å². The normalized spacial score (nSPS) is 23.0. The Labute approximate surface area is 162 Å². The van der Waals surface area contributed by atoms with Crippen molar-refractivity contribution in [2.75, 3.05) is 6.54 Å². The number of carbonyl (C=O) groups excluding carboxylic acids is 2. The van der Waals surface area contributed by atoms with Crippen LogP contribution in [0, 0.1) is 5.92 Å². The smallest absolute Gasteiger partial charge is 0.194 e. The van der Waals surface area contributed by atoms with Crippen LogP contribution in [0.5, 0.6) is 0 Å². The maximum absolute atomic E-state index is 13.8. The topological polar surface area (TPSA) is 58.9 Å². The zero-order valence-electron chi connectivity index (χ0n) is 15.2. The molecule has 3 aromatic rings. The largest absolute Gasteiger partial charge is 0.294 e. The zero-order chi connectivity index (χ0) is 19.1. The van der Waals surface area contributed by atoms with E-state index in [-0.39, 0.29) is 24.0 Å². The Hall–Kier alpha value is -3.40. The summed E-state index contributed by atoms with van der Waals surface area (Å²) in [5, 5.41) is 8.77. The Morgan fingerprint density at radius 1 is 0.750 bits per heavy atom. The number of nitrogens with zero attached hydrogens (tertiary/aromatic N) is 2. The van der Waals surface area contributed by atoms with Gasteiger partial charge in [-0.1, -0.05) is 84.9 Å². The molecule has 28 heavy (non-hydrogen) atoms. The van der Waals surface area contributed by atoms with Crippen molar-refractivity contribution in [3.05, 3.63) is 107 Å². The van der Waals surface area contributed by atoms with E-state index in [9.17, 15) is 9.59 Å². The number of benzene rings is 3. The van der Waals surface area contributed by atoms with Gasteiger partial charge in [-0.3, -0.25) is 9.59 Å². The van der Waals surface area contributed by atoms with Gasteiger partial charge in [0.05, 0.1) is 12.5 Å². The molecular weight excluding hydrogens is 348 g/mol. The number of azo groups is 1. The predicted molar refractivity (Wildman–Crippen MR) is 106 cm³/mol. The minimum atomic E-state index is -1.24. The van der Waals surface area contributed by atoms with Crippen molar-refractivity contribution >= 4 is 11.6 Å². The first-order chi connectivity index (χ1) is 13.7. The van der Waals surface area contributed by atoms with Crippen LogP contribution in [0.1, 0.15) is 37.8 Å². The Balaban J connectivity index is 1.79. The molecule has 0 unspecified atom stereocenters. The van der Waals surface area contributed by atoms with E-state index in [1.807, 2.05) is 60.7 Å². The Morgan fingerprint density at radius 3 is 1.89 bits per heavy atom. The van der Waals surface area contributed by atoms with Crippen molar-refractivity contribution in [1.82, 2.24) is 0 Å². The van der Waals surface area contributed by atoms with Gasteiger partial charge >= 0.3 is 0 Å². The van der Waals surface area contributed by atoms with E-state index in [1.54, 1.807) is 24.3 Å². The molecule has 2 aliphatic rings. The van der Waals surface area contributed by atoms with E-state index in [2.05, 4.69) is 10.2 Å². The van der Waals surface area contributed by atoms with Crippen molar-refractivity contribution in [3.63, 3.8) is 0 Å². The first kappa shape index (κ1) is 16.8. The molecule has 1 heterocycles. The van der Waals surface area contributed by atoms with Gasteiger partial charge in [-0.25, -0.2) is 0 Å². The lowest BCUT2D eigenvalue weighted by molar-refractivity contribution is 0.0704. The highest BCUT2D eigenvalue weighted by Crippen LogP contribution is 2.51. The summed E-state index contributed by atoms with van der Waals surface area (Å²) in [5.74, 6) is -1.13. The summed E-state index contributed by atoms with van der Waals surface area (Å²) < 4.78 is 0. The third-order valence-electron chi connectivity index (χ3n) is 5.85. The number of hydrogen-bond donors (Lipinski definition) is 0. The molecule has 0 saturated carbocycles. The van der Waals surface area contributed by atoms with Gasteiger partial charge < -0.3 is 0 Å². The van der Waals surface area contributed by atoms with Gasteiger partial charge in [0, 0.05) is 17.0 Å². The summed E-state index contributed by atoms with van der Waals surface area (Å²) in [6, 6.07) is 26.7. The van der Waals surface area contributed by atoms with Gasteiger partial charge in [0.25, 0.3) is 0 Å². The maximum Gasteiger partial charge on any atom is 0.194 e. The summed E-state index contributed by atoms with van der Waals surface area (Å²) in [6.07, 6.45) is 0. The summed E-state index contributed by atoms with van der Waals surface area (Å²) in [5.41, 5.74) is 1.61. The third-order valence-corrected chi connectivity index (χ3v) is 5.85. The molecule has 0 bridgehead atoms. The molecule has 1 aliphatic heterocycles. The number of Topliss-reactive ketones (excluding diaryl/α,β-unsaturated/α-hetero) is 2. The van der Waals surface area contributed by atoms with E-state index in [0.29, 0.717) is 11.1 Å². The Bertz CT molecular complexity index is 1050.